The number of ether oxygens (including phenoxy) is 1. The van der Waals surface area contributed by atoms with Crippen LogP contribution < -0.4 is 4.90 Å². The minimum absolute atomic E-state index is 0.0303. The summed E-state index contributed by atoms with van der Waals surface area (Å²) in [4.78, 5) is 40.7. The number of ketones is 1. The Kier molecular flexibility index (Phi) is 6.89. The Balaban J connectivity index is 1.69. The number of fused-ring (bicyclic) bond motifs is 1. The lowest BCUT2D eigenvalue weighted by molar-refractivity contribution is -0.132. The van der Waals surface area contributed by atoms with E-state index in [9.17, 15) is 19.5 Å². The minimum atomic E-state index is -0.872. The Bertz CT molecular complexity index is 1490. The van der Waals surface area contributed by atoms with Crippen LogP contribution >= 0.6 is 0 Å². The lowest BCUT2D eigenvalue weighted by Crippen LogP contribution is -2.29. The van der Waals surface area contributed by atoms with Gasteiger partial charge in [0.2, 0.25) is 0 Å². The number of aliphatic hydroxyl groups excluding tert-OH is 1. The Morgan fingerprint density at radius 1 is 0.897 bits per heavy atom. The second-order valence-electron chi connectivity index (χ2n) is 11.3. The lowest BCUT2D eigenvalue weighted by atomic mass is 9.85. The molecule has 1 heterocycles. The van der Waals surface area contributed by atoms with Gasteiger partial charge in [0.1, 0.15) is 5.76 Å². The molecule has 0 bridgehead atoms. The molecule has 1 unspecified atom stereocenters. The molecule has 1 aliphatic heterocycles. The standard InChI is InChI=1S/C33H33NO5/c1-33(2,3)25-16-14-21(15-17-25)28-27(29(35)23-13-12-20-8-5-6-9-22(20)18-23)30(36)31(37)34(28)26-11-7-10-24(19-26)32(38)39-4/h7,10-19,28,35H,5-6,8-9H2,1-4H3/b29-27-. The van der Waals surface area contributed by atoms with Crippen LogP contribution in [0.5, 0.6) is 0 Å². The number of carbonyl (C=O) groups excluding carboxylic acids is 3. The highest BCUT2D eigenvalue weighted by molar-refractivity contribution is 6.51. The zero-order valence-electron chi connectivity index (χ0n) is 22.8. The molecule has 0 aromatic heterocycles. The monoisotopic (exact) mass is 523 g/mol. The predicted molar refractivity (Wildman–Crippen MR) is 151 cm³/mol. The molecule has 39 heavy (non-hydrogen) atoms. The van der Waals surface area contributed by atoms with E-state index in [1.54, 1.807) is 18.2 Å². The maximum atomic E-state index is 13.6. The molecule has 3 aromatic rings. The van der Waals surface area contributed by atoms with Crippen LogP contribution in [0.15, 0.2) is 72.3 Å². The van der Waals surface area contributed by atoms with E-state index in [1.807, 2.05) is 42.5 Å². The van der Waals surface area contributed by atoms with Crippen LogP contribution in [0.2, 0.25) is 0 Å². The molecule has 3 aromatic carbocycles. The molecule has 1 fully saturated rings. The fraction of sp³-hybridized carbons (Fsp3) is 0.303. The fourth-order valence-electron chi connectivity index (χ4n) is 5.52. The molecule has 2 aliphatic rings. The molecule has 1 atom stereocenters. The molecular weight excluding hydrogens is 490 g/mol. The summed E-state index contributed by atoms with van der Waals surface area (Å²) in [7, 11) is 1.29. The van der Waals surface area contributed by atoms with Gasteiger partial charge in [-0.2, -0.15) is 0 Å². The highest BCUT2D eigenvalue weighted by atomic mass is 16.5. The number of aryl methyl sites for hydroxylation is 2. The Morgan fingerprint density at radius 2 is 1.59 bits per heavy atom. The van der Waals surface area contributed by atoms with Gasteiger partial charge >= 0.3 is 5.97 Å². The minimum Gasteiger partial charge on any atom is -0.507 e. The zero-order valence-corrected chi connectivity index (χ0v) is 22.8. The lowest BCUT2D eigenvalue weighted by Gasteiger charge is -2.27. The van der Waals surface area contributed by atoms with Crippen molar-refractivity contribution in [1.82, 2.24) is 0 Å². The van der Waals surface area contributed by atoms with Crippen LogP contribution in [0.25, 0.3) is 5.76 Å². The summed E-state index contributed by atoms with van der Waals surface area (Å²) in [5.41, 5.74) is 5.30. The third kappa shape index (κ3) is 4.87. The van der Waals surface area contributed by atoms with Crippen molar-refractivity contribution in [2.24, 2.45) is 0 Å². The van der Waals surface area contributed by atoms with Crippen molar-refractivity contribution in [2.45, 2.75) is 57.9 Å². The van der Waals surface area contributed by atoms with E-state index in [1.165, 1.54) is 23.6 Å². The molecule has 1 amide bonds. The average Bonchev–Trinajstić information content (AvgIpc) is 3.21. The van der Waals surface area contributed by atoms with Gasteiger partial charge < -0.3 is 9.84 Å². The van der Waals surface area contributed by atoms with Crippen LogP contribution in [-0.4, -0.2) is 29.9 Å². The summed E-state index contributed by atoms with van der Waals surface area (Å²) in [5.74, 6) is -2.27. The molecule has 5 rings (SSSR count). The molecule has 6 nitrogen and oxygen atoms in total. The van der Waals surface area contributed by atoms with Crippen molar-refractivity contribution < 1.29 is 24.2 Å². The van der Waals surface area contributed by atoms with Crippen molar-refractivity contribution in [3.05, 3.63) is 106 Å². The van der Waals surface area contributed by atoms with E-state index >= 15 is 0 Å². The van der Waals surface area contributed by atoms with Gasteiger partial charge in [0, 0.05) is 11.3 Å². The Hall–Kier alpha value is -4.19. The van der Waals surface area contributed by atoms with Gasteiger partial charge in [-0.05, 0) is 77.6 Å². The van der Waals surface area contributed by atoms with E-state index in [0.717, 1.165) is 36.8 Å². The van der Waals surface area contributed by atoms with E-state index in [4.69, 9.17) is 4.74 Å². The first-order chi connectivity index (χ1) is 18.6. The number of hydrogen-bond donors (Lipinski definition) is 1. The Labute approximate surface area is 228 Å². The van der Waals surface area contributed by atoms with Gasteiger partial charge in [0.25, 0.3) is 11.7 Å². The summed E-state index contributed by atoms with van der Waals surface area (Å²) in [6, 6.07) is 19.1. The second kappa shape index (κ2) is 10.2. The number of amides is 1. The van der Waals surface area contributed by atoms with E-state index in [0.29, 0.717) is 16.8 Å². The molecule has 0 radical (unpaired) electrons. The number of rotatable bonds is 4. The third-order valence-corrected chi connectivity index (χ3v) is 7.70. The van der Waals surface area contributed by atoms with Crippen LogP contribution in [0.4, 0.5) is 5.69 Å². The molecule has 200 valence electrons. The number of nitrogens with zero attached hydrogens (tertiary/aromatic N) is 1. The fourth-order valence-corrected chi connectivity index (χ4v) is 5.52. The summed E-state index contributed by atoms with van der Waals surface area (Å²) in [6.07, 6.45) is 4.14. The molecule has 1 aliphatic carbocycles. The summed E-state index contributed by atoms with van der Waals surface area (Å²) in [6.45, 7) is 6.34. The maximum Gasteiger partial charge on any atom is 0.337 e. The first kappa shape index (κ1) is 26.4. The number of carbonyl (C=O) groups is 3. The van der Waals surface area contributed by atoms with Gasteiger partial charge in [0.15, 0.2) is 0 Å². The highest BCUT2D eigenvalue weighted by Gasteiger charge is 2.47. The number of anilines is 1. The van der Waals surface area contributed by atoms with Crippen LogP contribution in [0.3, 0.4) is 0 Å². The molecule has 1 saturated heterocycles. The number of esters is 1. The van der Waals surface area contributed by atoms with E-state index < -0.39 is 23.7 Å². The normalized spacial score (nSPS) is 18.7. The number of aliphatic hydroxyl groups is 1. The molecule has 0 saturated carbocycles. The number of hydrogen-bond acceptors (Lipinski definition) is 5. The van der Waals surface area contributed by atoms with Gasteiger partial charge in [0.05, 0.1) is 24.3 Å². The summed E-state index contributed by atoms with van der Waals surface area (Å²) >= 11 is 0. The van der Waals surface area contributed by atoms with Crippen molar-refractivity contribution in [1.29, 1.82) is 0 Å². The molecule has 6 heteroatoms. The van der Waals surface area contributed by atoms with E-state index in [2.05, 4.69) is 20.8 Å². The largest absolute Gasteiger partial charge is 0.507 e. The first-order valence-corrected chi connectivity index (χ1v) is 13.3. The number of methoxy groups -OCH3 is 1. The second-order valence-corrected chi connectivity index (χ2v) is 11.3. The van der Waals surface area contributed by atoms with Crippen molar-refractivity contribution in [3.8, 4) is 0 Å². The summed E-state index contributed by atoms with van der Waals surface area (Å²) in [5, 5.41) is 11.6. The van der Waals surface area contributed by atoms with E-state index in [-0.39, 0.29) is 22.3 Å². The third-order valence-electron chi connectivity index (χ3n) is 7.70. The smallest absolute Gasteiger partial charge is 0.337 e. The maximum absolute atomic E-state index is 13.6. The Morgan fingerprint density at radius 3 is 2.26 bits per heavy atom. The topological polar surface area (TPSA) is 83.9 Å². The summed E-state index contributed by atoms with van der Waals surface area (Å²) < 4.78 is 4.86. The molecule has 1 N–H and O–H groups in total. The predicted octanol–water partition coefficient (Wildman–Crippen LogP) is 6.28. The number of Topliss-reactive ketones (excluding diaryl/α,β-unsaturated/α-hetero) is 1. The first-order valence-electron chi connectivity index (χ1n) is 13.3. The van der Waals surface area contributed by atoms with Crippen LogP contribution in [0, 0.1) is 0 Å². The van der Waals surface area contributed by atoms with Gasteiger partial charge in [-0.3, -0.25) is 14.5 Å². The van der Waals surface area contributed by atoms with Gasteiger partial charge in [-0.25, -0.2) is 4.79 Å². The van der Waals surface area contributed by atoms with Crippen LogP contribution in [0.1, 0.15) is 77.8 Å². The molecular formula is C33H33NO5. The molecule has 0 spiro atoms. The van der Waals surface area contributed by atoms with Crippen LogP contribution in [-0.2, 0) is 32.6 Å². The number of benzene rings is 3. The van der Waals surface area contributed by atoms with Crippen molar-refractivity contribution in [3.63, 3.8) is 0 Å². The SMILES string of the molecule is COC(=O)c1cccc(N2C(=O)C(=O)/C(=C(\O)c3ccc4c(c3)CCCC4)C2c2ccc(C(C)(C)C)cc2)c1. The highest BCUT2D eigenvalue weighted by Crippen LogP contribution is 2.43. The van der Waals surface area contributed by atoms with Crippen molar-refractivity contribution in [2.75, 3.05) is 12.0 Å². The zero-order chi connectivity index (χ0) is 27.9. The van der Waals surface area contributed by atoms with Gasteiger partial charge in [-0.15, -0.1) is 0 Å². The quantitative estimate of drug-likeness (QED) is 0.188. The van der Waals surface area contributed by atoms with Crippen molar-refractivity contribution >= 4 is 29.1 Å². The van der Waals surface area contributed by atoms with Gasteiger partial charge in [-0.1, -0.05) is 63.2 Å². The average molecular weight is 524 g/mol.